The Bertz CT molecular complexity index is 1280. The zero-order chi connectivity index (χ0) is 33.9. The summed E-state index contributed by atoms with van der Waals surface area (Å²) in [6, 6.07) is -1.58. The van der Waals surface area contributed by atoms with Crippen molar-refractivity contribution in [1.82, 2.24) is 36.1 Å². The van der Waals surface area contributed by atoms with E-state index in [4.69, 9.17) is 9.47 Å². The molecular formula is C31H49N7O6S2. The standard InChI is InChI=1S/C31H49N7O6S2/c1-19(2)27-36-22(17-45-27)15-38(23-10-11-23)28(40)37-25(12-13-33-29(41)44-31(5,6)7)26(39)34-20(3)8-9-21(4)35-30(42)43-16-24-14-32-18-46-24/h14,17-21,23,25H,8-13,15-16H2,1-7H3,(H,33,41)(H,34,39)(H,35,42)(H,37,40). The van der Waals surface area contributed by atoms with Gasteiger partial charge in [0, 0.05) is 42.2 Å². The van der Waals surface area contributed by atoms with E-state index in [0.717, 1.165) is 28.4 Å². The molecule has 0 saturated heterocycles. The molecule has 2 aromatic rings. The number of ether oxygens (including phenoxy) is 2. The number of thiazole rings is 2. The van der Waals surface area contributed by atoms with Crippen LogP contribution in [0.15, 0.2) is 17.1 Å². The Morgan fingerprint density at radius 2 is 1.67 bits per heavy atom. The van der Waals surface area contributed by atoms with Crippen molar-refractivity contribution in [2.45, 2.75) is 129 Å². The topological polar surface area (TPSA) is 164 Å². The minimum absolute atomic E-state index is 0.0920. The second-order valence-corrected chi connectivity index (χ2v) is 14.8. The molecule has 5 amide bonds. The van der Waals surface area contributed by atoms with Crippen molar-refractivity contribution in [2.24, 2.45) is 0 Å². The number of carbonyl (C=O) groups excluding carboxylic acids is 4. The van der Waals surface area contributed by atoms with E-state index in [1.807, 2.05) is 19.2 Å². The summed E-state index contributed by atoms with van der Waals surface area (Å²) in [5.74, 6) is -0.0563. The normalized spacial score (nSPS) is 15.0. The van der Waals surface area contributed by atoms with Crippen LogP contribution in [-0.4, -0.2) is 75.3 Å². The summed E-state index contributed by atoms with van der Waals surface area (Å²) in [5, 5.41) is 14.4. The highest BCUT2D eigenvalue weighted by Crippen LogP contribution is 2.29. The Balaban J connectivity index is 1.55. The van der Waals surface area contributed by atoms with Crippen molar-refractivity contribution in [3.63, 3.8) is 0 Å². The van der Waals surface area contributed by atoms with Crippen molar-refractivity contribution >= 4 is 46.8 Å². The van der Waals surface area contributed by atoms with Gasteiger partial charge in [-0.05, 0) is 66.7 Å². The molecule has 0 bridgehead atoms. The van der Waals surface area contributed by atoms with Crippen LogP contribution in [0.3, 0.4) is 0 Å². The van der Waals surface area contributed by atoms with Crippen LogP contribution >= 0.6 is 22.7 Å². The number of rotatable bonds is 16. The van der Waals surface area contributed by atoms with Gasteiger partial charge in [-0.1, -0.05) is 13.8 Å². The van der Waals surface area contributed by atoms with Crippen LogP contribution in [0.4, 0.5) is 14.4 Å². The molecule has 1 fully saturated rings. The highest BCUT2D eigenvalue weighted by Gasteiger charge is 2.35. The van der Waals surface area contributed by atoms with Crippen LogP contribution in [-0.2, 0) is 27.4 Å². The maximum atomic E-state index is 13.5. The van der Waals surface area contributed by atoms with Gasteiger partial charge in [-0.15, -0.1) is 22.7 Å². The lowest BCUT2D eigenvalue weighted by Crippen LogP contribution is -2.54. The molecule has 1 aliphatic carbocycles. The molecular weight excluding hydrogens is 631 g/mol. The molecule has 3 unspecified atom stereocenters. The molecule has 0 aliphatic heterocycles. The summed E-state index contributed by atoms with van der Waals surface area (Å²) in [7, 11) is 0. The highest BCUT2D eigenvalue weighted by molar-refractivity contribution is 7.09. The molecule has 1 saturated carbocycles. The molecule has 13 nitrogen and oxygen atoms in total. The van der Waals surface area contributed by atoms with Gasteiger partial charge in [0.25, 0.3) is 0 Å². The van der Waals surface area contributed by atoms with Crippen molar-refractivity contribution in [3.8, 4) is 0 Å². The quantitative estimate of drug-likeness (QED) is 0.186. The van der Waals surface area contributed by atoms with Crippen LogP contribution in [0.5, 0.6) is 0 Å². The number of amides is 5. The minimum atomic E-state index is -0.898. The summed E-state index contributed by atoms with van der Waals surface area (Å²) < 4.78 is 10.5. The molecule has 2 heterocycles. The Hall–Kier alpha value is -3.46. The predicted molar refractivity (Wildman–Crippen MR) is 178 cm³/mol. The van der Waals surface area contributed by atoms with Crippen LogP contribution in [0, 0.1) is 0 Å². The predicted octanol–water partition coefficient (Wildman–Crippen LogP) is 5.28. The summed E-state index contributed by atoms with van der Waals surface area (Å²) in [5.41, 5.74) is 1.84. The molecule has 3 rings (SSSR count). The van der Waals surface area contributed by atoms with Crippen LogP contribution < -0.4 is 21.3 Å². The van der Waals surface area contributed by atoms with E-state index in [2.05, 4.69) is 45.1 Å². The number of hydrogen-bond acceptors (Lipinski definition) is 10. The molecule has 0 aromatic carbocycles. The van der Waals surface area contributed by atoms with Crippen molar-refractivity contribution < 1.29 is 28.7 Å². The van der Waals surface area contributed by atoms with Crippen molar-refractivity contribution in [3.05, 3.63) is 32.7 Å². The van der Waals surface area contributed by atoms with E-state index in [1.165, 1.54) is 11.3 Å². The van der Waals surface area contributed by atoms with E-state index < -0.39 is 23.8 Å². The van der Waals surface area contributed by atoms with Crippen molar-refractivity contribution in [1.29, 1.82) is 0 Å². The Kier molecular flexibility index (Phi) is 14.0. The zero-order valence-electron chi connectivity index (χ0n) is 27.9. The largest absolute Gasteiger partial charge is 0.444 e. The van der Waals surface area contributed by atoms with Gasteiger partial charge >= 0.3 is 18.2 Å². The van der Waals surface area contributed by atoms with Gasteiger partial charge in [-0.2, -0.15) is 0 Å². The summed E-state index contributed by atoms with van der Waals surface area (Å²) in [4.78, 5) is 62.6. The maximum Gasteiger partial charge on any atom is 0.407 e. The molecule has 3 atom stereocenters. The van der Waals surface area contributed by atoms with Gasteiger partial charge in [-0.25, -0.2) is 19.4 Å². The SMILES string of the molecule is CC(CCC(C)NC(=O)C(CCNC(=O)OC(C)(C)C)NC(=O)N(Cc1csc(C(C)C)n1)C1CC1)NC(=O)OCc1cncs1. The average molecular weight is 680 g/mol. The van der Waals surface area contributed by atoms with E-state index in [-0.39, 0.29) is 49.6 Å². The maximum absolute atomic E-state index is 13.5. The first kappa shape index (κ1) is 37.0. The van der Waals surface area contributed by atoms with Gasteiger partial charge < -0.3 is 35.6 Å². The van der Waals surface area contributed by atoms with Crippen LogP contribution in [0.25, 0.3) is 0 Å². The number of nitrogens with zero attached hydrogens (tertiary/aromatic N) is 3. The lowest BCUT2D eigenvalue weighted by Gasteiger charge is -2.27. The molecule has 1 aliphatic rings. The fourth-order valence-corrected chi connectivity index (χ4v) is 5.73. The zero-order valence-corrected chi connectivity index (χ0v) is 29.5. The number of hydrogen-bond donors (Lipinski definition) is 4. The van der Waals surface area contributed by atoms with Gasteiger partial charge in [0.2, 0.25) is 5.91 Å². The number of carbonyl (C=O) groups is 4. The first-order valence-corrected chi connectivity index (χ1v) is 17.6. The lowest BCUT2D eigenvalue weighted by molar-refractivity contribution is -0.123. The molecule has 46 heavy (non-hydrogen) atoms. The monoisotopic (exact) mass is 679 g/mol. The number of urea groups is 1. The summed E-state index contributed by atoms with van der Waals surface area (Å²) in [6.07, 6.45) is 3.67. The van der Waals surface area contributed by atoms with Gasteiger partial charge in [0.05, 0.1) is 27.6 Å². The Morgan fingerprint density at radius 1 is 0.978 bits per heavy atom. The van der Waals surface area contributed by atoms with Gasteiger partial charge in [0.15, 0.2) is 0 Å². The van der Waals surface area contributed by atoms with E-state index >= 15 is 0 Å². The highest BCUT2D eigenvalue weighted by atomic mass is 32.1. The molecule has 2 aromatic heterocycles. The first-order valence-electron chi connectivity index (χ1n) is 15.8. The molecule has 256 valence electrons. The molecule has 0 radical (unpaired) electrons. The number of nitrogens with one attached hydrogen (secondary N) is 4. The van der Waals surface area contributed by atoms with Gasteiger partial charge in [0.1, 0.15) is 18.2 Å². The molecule has 0 spiro atoms. The first-order chi connectivity index (χ1) is 21.7. The smallest absolute Gasteiger partial charge is 0.407 e. The average Bonchev–Trinajstić information content (AvgIpc) is 3.44. The van der Waals surface area contributed by atoms with Crippen LogP contribution in [0.2, 0.25) is 0 Å². The summed E-state index contributed by atoms with van der Waals surface area (Å²) in [6.45, 7) is 13.9. The van der Waals surface area contributed by atoms with E-state index in [1.54, 1.807) is 48.7 Å². The fourth-order valence-electron chi connectivity index (χ4n) is 4.40. The second kappa shape index (κ2) is 17.5. The minimum Gasteiger partial charge on any atom is -0.444 e. The third kappa shape index (κ3) is 13.5. The Labute approximate surface area is 279 Å². The van der Waals surface area contributed by atoms with E-state index in [9.17, 15) is 19.2 Å². The third-order valence-corrected chi connectivity index (χ3v) is 8.92. The van der Waals surface area contributed by atoms with Crippen LogP contribution in [0.1, 0.15) is 102 Å². The third-order valence-electron chi connectivity index (χ3n) is 6.97. The van der Waals surface area contributed by atoms with E-state index in [0.29, 0.717) is 25.3 Å². The summed E-state index contributed by atoms with van der Waals surface area (Å²) >= 11 is 2.99. The molecule has 4 N–H and O–H groups in total. The lowest BCUT2D eigenvalue weighted by atomic mass is 10.1. The van der Waals surface area contributed by atoms with Crippen molar-refractivity contribution in [2.75, 3.05) is 6.54 Å². The number of alkyl carbamates (subject to hydrolysis) is 2. The number of aromatic nitrogens is 2. The van der Waals surface area contributed by atoms with Gasteiger partial charge in [-0.3, -0.25) is 9.78 Å². The Morgan fingerprint density at radius 3 is 2.26 bits per heavy atom. The molecule has 15 heteroatoms. The second-order valence-electron chi connectivity index (χ2n) is 13.0. The fraction of sp³-hybridized carbons (Fsp3) is 0.677.